The van der Waals surface area contributed by atoms with E-state index in [0.29, 0.717) is 32.5 Å². The first-order valence-electron chi connectivity index (χ1n) is 11.9. The van der Waals surface area contributed by atoms with Crippen LogP contribution in [0.1, 0.15) is 6.42 Å². The first-order chi connectivity index (χ1) is 19.2. The summed E-state index contributed by atoms with van der Waals surface area (Å²) in [6.45, 7) is 0.131. The second kappa shape index (κ2) is 11.8. The minimum Gasteiger partial charge on any atom is -0.358 e. The molecule has 0 spiro atoms. The molecule has 0 radical (unpaired) electrons. The van der Waals surface area contributed by atoms with E-state index in [4.69, 9.17) is 23.2 Å². The van der Waals surface area contributed by atoms with E-state index >= 15 is 0 Å². The molecule has 16 heteroatoms. The van der Waals surface area contributed by atoms with Crippen molar-refractivity contribution in [3.63, 3.8) is 0 Å². The highest BCUT2D eigenvalue weighted by Crippen LogP contribution is 2.32. The Hall–Kier alpha value is -4.14. The first-order valence-corrected chi connectivity index (χ1v) is 12.6. The Morgan fingerprint density at radius 3 is 2.61 bits per heavy atom. The fourth-order valence-electron chi connectivity index (χ4n) is 4.02. The van der Waals surface area contributed by atoms with Crippen LogP contribution in [0.5, 0.6) is 0 Å². The number of quaternary nitrogens is 1. The van der Waals surface area contributed by atoms with Gasteiger partial charge >= 0.3 is 12.0 Å². The van der Waals surface area contributed by atoms with Crippen LogP contribution in [0.2, 0.25) is 10.0 Å². The van der Waals surface area contributed by atoms with E-state index in [1.165, 1.54) is 24.7 Å². The normalized spacial score (nSPS) is 14.1. The fourth-order valence-corrected chi connectivity index (χ4v) is 4.32. The number of rotatable bonds is 9. The number of aliphatic imine (C=N–C) groups is 1. The van der Waals surface area contributed by atoms with Gasteiger partial charge in [0.25, 0.3) is 0 Å². The molecule has 41 heavy (non-hydrogen) atoms. The number of halogens is 5. The van der Waals surface area contributed by atoms with Gasteiger partial charge in [0.1, 0.15) is 24.5 Å². The van der Waals surface area contributed by atoms with Crippen LogP contribution >= 0.6 is 23.2 Å². The summed E-state index contributed by atoms with van der Waals surface area (Å²) >= 11 is 12.1. The van der Waals surface area contributed by atoms with Gasteiger partial charge in [-0.05, 0) is 40.3 Å². The maximum atomic E-state index is 13.0. The molecule has 0 saturated heterocycles. The summed E-state index contributed by atoms with van der Waals surface area (Å²) in [7, 11) is 3.34. The second-order valence-electron chi connectivity index (χ2n) is 9.65. The Morgan fingerprint density at radius 2 is 1.93 bits per heavy atom. The molecule has 4 rings (SSSR count). The van der Waals surface area contributed by atoms with Crippen LogP contribution in [-0.4, -0.2) is 69.3 Å². The molecule has 0 unspecified atom stereocenters. The molecule has 1 aliphatic rings. The third-order valence-corrected chi connectivity index (χ3v) is 6.62. The maximum absolute atomic E-state index is 13.0. The lowest BCUT2D eigenvalue weighted by molar-refractivity contribution is -0.880. The average molecular weight is 610 g/mol. The minimum atomic E-state index is -4.75. The number of amides is 1. The summed E-state index contributed by atoms with van der Waals surface area (Å²) in [5.41, 5.74) is -0.0794. The van der Waals surface area contributed by atoms with Crippen molar-refractivity contribution >= 4 is 63.0 Å². The lowest BCUT2D eigenvalue weighted by Crippen LogP contribution is -2.42. The molecule has 3 heterocycles. The average Bonchev–Trinajstić information content (AvgIpc) is 3.30. The van der Waals surface area contributed by atoms with E-state index in [1.54, 1.807) is 38.4 Å². The van der Waals surface area contributed by atoms with Crippen LogP contribution in [0.15, 0.2) is 65.3 Å². The number of carbonyl (C=O) groups is 1. The van der Waals surface area contributed by atoms with Gasteiger partial charge in [-0.25, -0.2) is 15.0 Å². The van der Waals surface area contributed by atoms with Gasteiger partial charge < -0.3 is 25.2 Å². The van der Waals surface area contributed by atoms with Crippen LogP contribution in [0.25, 0.3) is 10.9 Å². The van der Waals surface area contributed by atoms with Gasteiger partial charge in [-0.15, -0.1) is 0 Å². The number of hydrogen-bond acceptors (Lipinski definition) is 8. The van der Waals surface area contributed by atoms with Gasteiger partial charge in [0.15, 0.2) is 0 Å². The smallest absolute Gasteiger partial charge is 0.358 e. The van der Waals surface area contributed by atoms with Gasteiger partial charge in [0.05, 0.1) is 54.4 Å². The lowest BCUT2D eigenvalue weighted by Gasteiger charge is -2.28. The van der Waals surface area contributed by atoms with Crippen molar-refractivity contribution in [1.82, 2.24) is 15.0 Å². The topological polar surface area (TPSA) is 135 Å². The predicted molar refractivity (Wildman–Crippen MR) is 149 cm³/mol. The monoisotopic (exact) mass is 609 g/mol. The number of benzene rings is 1. The third kappa shape index (κ3) is 7.54. The summed E-state index contributed by atoms with van der Waals surface area (Å²) in [6.07, 6.45) is 0.195. The van der Waals surface area contributed by atoms with E-state index in [1.807, 2.05) is 0 Å². The summed E-state index contributed by atoms with van der Waals surface area (Å²) in [4.78, 5) is 38.7. The molecule has 214 valence electrons. The maximum Gasteiger partial charge on any atom is 0.454 e. The summed E-state index contributed by atoms with van der Waals surface area (Å²) < 4.78 is 39.2. The standard InChI is InChI=1S/C25H21Cl2F3N8O3/c1-38(2,12-14-8-20(25(28,29)30)35-24(14)37(40)41)7-3-4-22(39)36-21-10-16-19(11-31-21)32-13-33-23(16)34-15-5-6-17(26)18(27)9-15/h3-6,9-11,13H,7-8,12H2,1-2H3,(H-,31,32,33,34,36,39)/p+1/b4-3+. The quantitative estimate of drug-likeness (QED) is 0.141. The fraction of sp³-hybridized carbons (Fsp3) is 0.240. The van der Waals surface area contributed by atoms with Crippen LogP contribution in [-0.2, 0) is 4.79 Å². The molecular formula is C25H22Cl2F3N8O3+. The van der Waals surface area contributed by atoms with Crippen LogP contribution in [0, 0.1) is 10.1 Å². The number of hydrogen-bond donors (Lipinski definition) is 2. The number of fused-ring (bicyclic) bond motifs is 1. The molecule has 3 aromatic rings. The minimum absolute atomic E-state index is 0.0296. The van der Waals surface area contributed by atoms with Crippen molar-refractivity contribution < 1.29 is 27.4 Å². The van der Waals surface area contributed by atoms with Crippen molar-refractivity contribution in [1.29, 1.82) is 0 Å². The van der Waals surface area contributed by atoms with Gasteiger partial charge in [-0.1, -0.05) is 23.2 Å². The first kappa shape index (κ1) is 29.8. The number of aromatic nitrogens is 3. The molecule has 0 aliphatic carbocycles. The molecule has 0 atom stereocenters. The van der Waals surface area contributed by atoms with Crippen molar-refractivity contribution in [2.75, 3.05) is 37.8 Å². The van der Waals surface area contributed by atoms with E-state index in [0.717, 1.165) is 0 Å². The molecule has 0 bridgehead atoms. The van der Waals surface area contributed by atoms with Gasteiger partial charge in [-0.2, -0.15) is 13.2 Å². The highest BCUT2D eigenvalue weighted by atomic mass is 35.5. The molecule has 1 amide bonds. The van der Waals surface area contributed by atoms with Crippen molar-refractivity contribution in [2.24, 2.45) is 4.99 Å². The van der Waals surface area contributed by atoms with E-state index in [2.05, 4.69) is 30.6 Å². The molecule has 11 nitrogen and oxygen atoms in total. The summed E-state index contributed by atoms with van der Waals surface area (Å²) in [5, 5.41) is 18.3. The molecule has 1 aromatic carbocycles. The zero-order chi connectivity index (χ0) is 29.9. The SMILES string of the molecule is C[N+](C)(C/C=C/C(=O)Nc1cc2c(Nc3ccc(Cl)c(Cl)c3)ncnc2cn1)CC1=C([N+](=O)[O-])N=C(C(F)(F)F)C1. The van der Waals surface area contributed by atoms with Crippen molar-refractivity contribution in [3.05, 3.63) is 80.5 Å². The molecule has 0 fully saturated rings. The van der Waals surface area contributed by atoms with Crippen molar-refractivity contribution in [3.8, 4) is 0 Å². The Labute approximate surface area is 241 Å². The zero-order valence-corrected chi connectivity index (χ0v) is 23.0. The van der Waals surface area contributed by atoms with Crippen molar-refractivity contribution in [2.45, 2.75) is 12.6 Å². The summed E-state index contributed by atoms with van der Waals surface area (Å²) in [6, 6.07) is 6.58. The molecule has 1 aliphatic heterocycles. The molecule has 2 N–H and O–H groups in total. The number of nitro groups is 1. The highest BCUT2D eigenvalue weighted by molar-refractivity contribution is 6.42. The Morgan fingerprint density at radius 1 is 1.17 bits per heavy atom. The Kier molecular flexibility index (Phi) is 8.56. The van der Waals surface area contributed by atoms with Crippen LogP contribution in [0.4, 0.5) is 30.5 Å². The van der Waals surface area contributed by atoms with E-state index in [9.17, 15) is 28.1 Å². The number of anilines is 3. The Balaban J connectivity index is 1.41. The van der Waals surface area contributed by atoms with Crippen LogP contribution in [0.3, 0.4) is 0 Å². The van der Waals surface area contributed by atoms with Gasteiger partial charge in [-0.3, -0.25) is 4.79 Å². The number of carbonyl (C=O) groups excluding carboxylic acids is 1. The number of likely N-dealkylation sites (N-methyl/N-ethyl adjacent to an activating group) is 1. The molecule has 0 saturated carbocycles. The van der Waals surface area contributed by atoms with Gasteiger partial charge in [0.2, 0.25) is 11.6 Å². The van der Waals surface area contributed by atoms with Crippen LogP contribution < -0.4 is 10.6 Å². The second-order valence-corrected chi connectivity index (χ2v) is 10.5. The Bertz CT molecular complexity index is 1620. The largest absolute Gasteiger partial charge is 0.454 e. The van der Waals surface area contributed by atoms with E-state index in [-0.39, 0.29) is 29.0 Å². The molecular weight excluding hydrogens is 588 g/mol. The molecule has 2 aromatic heterocycles. The number of nitrogens with one attached hydrogen (secondary N) is 2. The predicted octanol–water partition coefficient (Wildman–Crippen LogP) is 5.54. The number of alkyl halides is 3. The third-order valence-electron chi connectivity index (χ3n) is 5.88. The van der Waals surface area contributed by atoms with E-state index < -0.39 is 35.0 Å². The lowest BCUT2D eigenvalue weighted by atomic mass is 10.1. The highest BCUT2D eigenvalue weighted by Gasteiger charge is 2.47. The number of pyridine rings is 1. The van der Waals surface area contributed by atoms with Gasteiger partial charge in [0, 0.05) is 17.1 Å². The number of nitrogens with zero attached hydrogens (tertiary/aromatic N) is 6. The zero-order valence-electron chi connectivity index (χ0n) is 21.5. The summed E-state index contributed by atoms with van der Waals surface area (Å²) in [5.74, 6) is -0.642.